The summed E-state index contributed by atoms with van der Waals surface area (Å²) in [6.07, 6.45) is -6.07. The predicted molar refractivity (Wildman–Crippen MR) is 62.6 cm³/mol. The van der Waals surface area contributed by atoms with E-state index in [0.717, 1.165) is 6.92 Å². The van der Waals surface area contributed by atoms with Crippen molar-refractivity contribution in [2.75, 3.05) is 0 Å². The van der Waals surface area contributed by atoms with Gasteiger partial charge in [0.15, 0.2) is 11.5 Å². The van der Waals surface area contributed by atoms with Crippen molar-refractivity contribution in [1.29, 1.82) is 0 Å². The van der Waals surface area contributed by atoms with E-state index in [2.05, 4.69) is 4.74 Å². The maximum absolute atomic E-state index is 13.6. The van der Waals surface area contributed by atoms with Gasteiger partial charge in [-0.15, -0.1) is 0 Å². The first-order valence-electron chi connectivity index (χ1n) is 6.45. The molecular formula is C13H15F3O5. The van der Waals surface area contributed by atoms with Gasteiger partial charge < -0.3 is 14.2 Å². The number of halogens is 3. The Morgan fingerprint density at radius 1 is 1.38 bits per heavy atom. The molecule has 0 spiro atoms. The molecule has 118 valence electrons. The molecule has 8 heteroatoms. The minimum absolute atomic E-state index is 0.217. The van der Waals surface area contributed by atoms with Gasteiger partial charge in [0.25, 0.3) is 5.60 Å². The van der Waals surface area contributed by atoms with Gasteiger partial charge in [0.1, 0.15) is 0 Å². The van der Waals surface area contributed by atoms with Crippen LogP contribution in [0.15, 0.2) is 11.5 Å². The first-order chi connectivity index (χ1) is 9.58. The van der Waals surface area contributed by atoms with Crippen molar-refractivity contribution in [2.24, 2.45) is 5.92 Å². The quantitative estimate of drug-likeness (QED) is 0.749. The molecule has 0 bridgehead atoms. The zero-order valence-corrected chi connectivity index (χ0v) is 11.7. The highest BCUT2D eigenvalue weighted by atomic mass is 19.4. The second-order valence-electron chi connectivity index (χ2n) is 5.33. The van der Waals surface area contributed by atoms with Crippen molar-refractivity contribution < 1.29 is 37.0 Å². The second kappa shape index (κ2) is 4.92. The fourth-order valence-electron chi connectivity index (χ4n) is 2.69. The summed E-state index contributed by atoms with van der Waals surface area (Å²) in [6.45, 7) is 4.15. The topological polar surface area (TPSA) is 61.8 Å². The molecule has 1 fully saturated rings. The average molecular weight is 308 g/mol. The molecule has 1 aliphatic heterocycles. The van der Waals surface area contributed by atoms with Crippen LogP contribution >= 0.6 is 0 Å². The van der Waals surface area contributed by atoms with Gasteiger partial charge in [0, 0.05) is 19.3 Å². The van der Waals surface area contributed by atoms with E-state index in [9.17, 15) is 22.8 Å². The Kier molecular flexibility index (Phi) is 3.67. The van der Waals surface area contributed by atoms with Crippen molar-refractivity contribution in [1.82, 2.24) is 0 Å². The van der Waals surface area contributed by atoms with Crippen molar-refractivity contribution in [3.63, 3.8) is 0 Å². The van der Waals surface area contributed by atoms with Crippen LogP contribution in [0.1, 0.15) is 33.6 Å². The van der Waals surface area contributed by atoms with Crippen molar-refractivity contribution in [3.05, 3.63) is 11.5 Å². The number of rotatable bonds is 3. The van der Waals surface area contributed by atoms with Crippen LogP contribution in [0.25, 0.3) is 0 Å². The normalized spacial score (nSPS) is 28.7. The van der Waals surface area contributed by atoms with E-state index in [1.165, 1.54) is 13.8 Å². The Labute approximate surface area is 119 Å². The van der Waals surface area contributed by atoms with Gasteiger partial charge in [-0.05, 0) is 13.8 Å². The van der Waals surface area contributed by atoms with Crippen LogP contribution in [0.3, 0.4) is 0 Å². The summed E-state index contributed by atoms with van der Waals surface area (Å²) in [7, 11) is 0. The molecule has 0 unspecified atom stereocenters. The monoisotopic (exact) mass is 308 g/mol. The Hall–Kier alpha value is -1.73. The number of hydrogen-bond donors (Lipinski definition) is 0. The molecular weight excluding hydrogens is 293 g/mol. The smallest absolute Gasteiger partial charge is 0.436 e. The highest BCUT2D eigenvalue weighted by Crippen LogP contribution is 2.57. The third-order valence-corrected chi connectivity index (χ3v) is 3.33. The molecule has 0 radical (unpaired) electrons. The van der Waals surface area contributed by atoms with Gasteiger partial charge in [-0.2, -0.15) is 13.2 Å². The highest BCUT2D eigenvalue weighted by molar-refractivity contribution is 5.75. The first-order valence-corrected chi connectivity index (χ1v) is 6.45. The number of allylic oxidation sites excluding steroid dienone is 1. The van der Waals surface area contributed by atoms with Gasteiger partial charge in [0.05, 0.1) is 12.5 Å². The number of fused-ring (bicyclic) bond motifs is 1. The van der Waals surface area contributed by atoms with Gasteiger partial charge in [-0.25, -0.2) is 0 Å². The summed E-state index contributed by atoms with van der Waals surface area (Å²) < 4.78 is 55.4. The molecule has 1 aliphatic carbocycles. The van der Waals surface area contributed by atoms with E-state index in [4.69, 9.17) is 9.47 Å². The van der Waals surface area contributed by atoms with Gasteiger partial charge >= 0.3 is 18.1 Å². The molecule has 1 saturated heterocycles. The molecule has 21 heavy (non-hydrogen) atoms. The Morgan fingerprint density at radius 3 is 2.48 bits per heavy atom. The van der Waals surface area contributed by atoms with Crippen LogP contribution in [0.4, 0.5) is 13.2 Å². The minimum atomic E-state index is -4.85. The lowest BCUT2D eigenvalue weighted by molar-refractivity contribution is -0.264. The molecule has 0 amide bonds. The minimum Gasteiger partial charge on any atom is -0.487 e. The molecule has 2 atom stereocenters. The molecule has 5 nitrogen and oxygen atoms in total. The summed E-state index contributed by atoms with van der Waals surface area (Å²) in [5.74, 6) is -3.70. The van der Waals surface area contributed by atoms with E-state index >= 15 is 0 Å². The van der Waals surface area contributed by atoms with Crippen molar-refractivity contribution in [3.8, 4) is 0 Å². The van der Waals surface area contributed by atoms with E-state index in [1.807, 2.05) is 0 Å². The molecule has 0 saturated carbocycles. The maximum Gasteiger partial charge on any atom is 0.436 e. The van der Waals surface area contributed by atoms with Crippen LogP contribution in [0.5, 0.6) is 0 Å². The maximum atomic E-state index is 13.6. The second-order valence-corrected chi connectivity index (χ2v) is 5.33. The van der Waals surface area contributed by atoms with Crippen LogP contribution in [0.2, 0.25) is 0 Å². The van der Waals surface area contributed by atoms with Gasteiger partial charge in [-0.3, -0.25) is 9.59 Å². The van der Waals surface area contributed by atoms with Crippen molar-refractivity contribution >= 4 is 11.9 Å². The van der Waals surface area contributed by atoms with Crippen LogP contribution in [-0.2, 0) is 23.8 Å². The third-order valence-electron chi connectivity index (χ3n) is 3.33. The molecule has 0 N–H and O–H groups in total. The average Bonchev–Trinajstić information content (AvgIpc) is 2.72. The molecule has 0 aromatic rings. The molecule has 2 rings (SSSR count). The lowest BCUT2D eigenvalue weighted by atomic mass is 9.89. The van der Waals surface area contributed by atoms with Gasteiger partial charge in [0.2, 0.25) is 0 Å². The summed E-state index contributed by atoms with van der Waals surface area (Å²) in [4.78, 5) is 22.4. The fourth-order valence-corrected chi connectivity index (χ4v) is 2.69. The lowest BCUT2D eigenvalue weighted by Gasteiger charge is -2.32. The number of ether oxygens (including phenoxy) is 3. The number of carbonyl (C=O) groups is 2. The number of alkyl halides is 3. The molecule has 0 aromatic heterocycles. The first kappa shape index (κ1) is 15.7. The fraction of sp³-hybridized carbons (Fsp3) is 0.692. The van der Waals surface area contributed by atoms with E-state index in [-0.39, 0.29) is 12.2 Å². The zero-order valence-electron chi connectivity index (χ0n) is 11.7. The standard InChI is InChI=1S/C13H15F3O5/c1-6(2)19-11-9(20-7(3)17)4-8-5-10(18)21-12(8,11)13(14,15)16/h6,8H,4-5H2,1-3H3/t8-,12+/m0/s1. The Balaban J connectivity index is 2.54. The predicted octanol–water partition coefficient (Wildman–Crippen LogP) is 2.45. The van der Waals surface area contributed by atoms with Crippen molar-refractivity contribution in [2.45, 2.75) is 51.5 Å². The summed E-state index contributed by atoms with van der Waals surface area (Å²) in [5, 5.41) is 0. The van der Waals surface area contributed by atoms with E-state index in [0.29, 0.717) is 0 Å². The van der Waals surface area contributed by atoms with E-state index in [1.54, 1.807) is 0 Å². The van der Waals surface area contributed by atoms with Crippen LogP contribution < -0.4 is 0 Å². The molecule has 1 heterocycles. The summed E-state index contributed by atoms with van der Waals surface area (Å²) in [5.41, 5.74) is -2.85. The number of hydrogen-bond acceptors (Lipinski definition) is 5. The summed E-state index contributed by atoms with van der Waals surface area (Å²) in [6, 6.07) is 0. The number of carbonyl (C=O) groups excluding carboxylic acids is 2. The molecule has 0 aromatic carbocycles. The van der Waals surface area contributed by atoms with Gasteiger partial charge in [-0.1, -0.05) is 0 Å². The van der Waals surface area contributed by atoms with Crippen LogP contribution in [-0.4, -0.2) is 29.8 Å². The molecule has 2 aliphatic rings. The number of esters is 2. The zero-order chi connectivity index (χ0) is 16.0. The Morgan fingerprint density at radius 2 is 2.00 bits per heavy atom. The summed E-state index contributed by atoms with van der Waals surface area (Å²) >= 11 is 0. The largest absolute Gasteiger partial charge is 0.487 e. The highest BCUT2D eigenvalue weighted by Gasteiger charge is 2.73. The third kappa shape index (κ3) is 2.47. The lowest BCUT2D eigenvalue weighted by Crippen LogP contribution is -2.50. The SMILES string of the molecule is CC(=O)OC1=C(OC(C)C)[C@]2(C(F)(F)F)OC(=O)C[C@@H]2C1. The van der Waals surface area contributed by atoms with E-state index < -0.39 is 47.9 Å². The Bertz CT molecular complexity index is 508. The van der Waals surface area contributed by atoms with Crippen LogP contribution in [0, 0.1) is 5.92 Å².